The fourth-order valence-corrected chi connectivity index (χ4v) is 2.23. The lowest BCUT2D eigenvalue weighted by Crippen LogP contribution is -2.61. The van der Waals surface area contributed by atoms with Crippen LogP contribution in [0.25, 0.3) is 6.08 Å². The molecule has 0 aliphatic carbocycles. The third-order valence-electron chi connectivity index (χ3n) is 3.54. The summed E-state index contributed by atoms with van der Waals surface area (Å²) in [7, 11) is 0.997. The van der Waals surface area contributed by atoms with Crippen molar-refractivity contribution in [1.82, 2.24) is 0 Å². The maximum atomic E-state index is 13.3. The summed E-state index contributed by atoms with van der Waals surface area (Å²) in [6.45, 7) is -0.863. The number of hydrogen-bond acceptors (Lipinski definition) is 2. The molecular weight excluding hydrogens is 324 g/mol. The Kier molecular flexibility index (Phi) is 6.24. The van der Waals surface area contributed by atoms with Gasteiger partial charge in [-0.25, -0.2) is 0 Å². The van der Waals surface area contributed by atoms with Crippen molar-refractivity contribution in [2.75, 3.05) is 13.7 Å². The first-order chi connectivity index (χ1) is 10.6. The highest BCUT2D eigenvalue weighted by molar-refractivity contribution is 5.48. The van der Waals surface area contributed by atoms with E-state index in [0.29, 0.717) is 5.56 Å². The number of hydrogen-bond donors (Lipinski definition) is 1. The Balaban J connectivity index is 3.20. The molecule has 0 heterocycles. The number of alkyl halides is 6. The van der Waals surface area contributed by atoms with E-state index < -0.39 is 36.8 Å². The van der Waals surface area contributed by atoms with Crippen LogP contribution in [0, 0.1) is 5.41 Å². The molecule has 0 aliphatic rings. The Morgan fingerprint density at radius 1 is 1.04 bits per heavy atom. The molecule has 0 amide bonds. The van der Waals surface area contributed by atoms with E-state index in [4.69, 9.17) is 5.73 Å². The number of ether oxygens (including phenoxy) is 1. The van der Waals surface area contributed by atoms with Crippen molar-refractivity contribution in [3.63, 3.8) is 0 Å². The van der Waals surface area contributed by atoms with Crippen LogP contribution in [0.3, 0.4) is 0 Å². The Hall–Kier alpha value is -1.54. The molecule has 0 radical (unpaired) electrons. The van der Waals surface area contributed by atoms with Gasteiger partial charge < -0.3 is 10.5 Å². The van der Waals surface area contributed by atoms with Crippen molar-refractivity contribution >= 4 is 6.08 Å². The van der Waals surface area contributed by atoms with Crippen molar-refractivity contribution in [3.8, 4) is 0 Å². The number of nitrogens with two attached hydrogens (primary N) is 1. The Labute approximate surface area is 129 Å². The van der Waals surface area contributed by atoms with Crippen LogP contribution in [-0.2, 0) is 4.74 Å². The van der Waals surface area contributed by atoms with Crippen LogP contribution in [0.4, 0.5) is 26.3 Å². The molecule has 1 aromatic carbocycles. The molecule has 8 heteroatoms. The maximum absolute atomic E-state index is 13.3. The molecule has 0 saturated heterocycles. The molecule has 1 aromatic rings. The van der Waals surface area contributed by atoms with E-state index in [-0.39, 0.29) is 0 Å². The van der Waals surface area contributed by atoms with Gasteiger partial charge in [0.15, 0.2) is 5.41 Å². The molecule has 0 aromatic heterocycles. The van der Waals surface area contributed by atoms with Crippen LogP contribution in [0.1, 0.15) is 12.0 Å². The zero-order valence-electron chi connectivity index (χ0n) is 12.3. The summed E-state index contributed by atoms with van der Waals surface area (Å²) in [5.41, 5.74) is 1.64. The Bertz CT molecular complexity index is 495. The molecule has 0 fully saturated rings. The van der Waals surface area contributed by atoms with Gasteiger partial charge in [0.2, 0.25) is 0 Å². The van der Waals surface area contributed by atoms with Crippen LogP contribution in [0.5, 0.6) is 0 Å². The van der Waals surface area contributed by atoms with Crippen molar-refractivity contribution < 1.29 is 31.1 Å². The molecule has 23 heavy (non-hydrogen) atoms. The second kappa shape index (κ2) is 7.35. The maximum Gasteiger partial charge on any atom is 0.405 e. The predicted octanol–water partition coefficient (Wildman–Crippen LogP) is 4.17. The van der Waals surface area contributed by atoms with E-state index in [1.54, 1.807) is 30.3 Å². The number of methoxy groups -OCH3 is 1. The minimum absolute atomic E-state index is 0.492. The Morgan fingerprint density at radius 2 is 1.57 bits per heavy atom. The van der Waals surface area contributed by atoms with Gasteiger partial charge in [-0.3, -0.25) is 0 Å². The van der Waals surface area contributed by atoms with Gasteiger partial charge in [0, 0.05) is 7.11 Å². The van der Waals surface area contributed by atoms with Gasteiger partial charge in [-0.15, -0.1) is 0 Å². The van der Waals surface area contributed by atoms with E-state index in [1.165, 1.54) is 6.08 Å². The highest BCUT2D eigenvalue weighted by Crippen LogP contribution is 2.54. The summed E-state index contributed by atoms with van der Waals surface area (Å²) in [6, 6.07) is 5.78. The monoisotopic (exact) mass is 341 g/mol. The summed E-state index contributed by atoms with van der Waals surface area (Å²) in [6.07, 6.45) is -10.4. The molecule has 1 rings (SSSR count). The molecule has 130 valence electrons. The molecule has 2 nitrogen and oxygen atoms in total. The summed E-state index contributed by atoms with van der Waals surface area (Å²) in [4.78, 5) is 0. The molecule has 0 bridgehead atoms. The third kappa shape index (κ3) is 4.26. The first-order valence-corrected chi connectivity index (χ1v) is 6.66. The second-order valence-corrected chi connectivity index (χ2v) is 5.05. The lowest BCUT2D eigenvalue weighted by Gasteiger charge is -2.40. The van der Waals surface area contributed by atoms with Gasteiger partial charge in [-0.1, -0.05) is 42.5 Å². The fourth-order valence-electron chi connectivity index (χ4n) is 2.23. The van der Waals surface area contributed by atoms with Crippen LogP contribution in [0.15, 0.2) is 36.4 Å². The highest BCUT2D eigenvalue weighted by atomic mass is 19.4. The molecule has 1 atom stereocenters. The number of rotatable bonds is 6. The van der Waals surface area contributed by atoms with E-state index in [9.17, 15) is 26.3 Å². The van der Waals surface area contributed by atoms with Crippen LogP contribution in [0.2, 0.25) is 0 Å². The summed E-state index contributed by atoms with van der Waals surface area (Å²) >= 11 is 0. The summed E-state index contributed by atoms with van der Waals surface area (Å²) < 4.78 is 84.1. The topological polar surface area (TPSA) is 35.2 Å². The molecule has 0 saturated carbocycles. The number of halogens is 6. The molecule has 0 aliphatic heterocycles. The van der Waals surface area contributed by atoms with Crippen molar-refractivity contribution in [1.29, 1.82) is 0 Å². The smallest absolute Gasteiger partial charge is 0.383 e. The number of allylic oxidation sites excluding steroid dienone is 1. The summed E-state index contributed by atoms with van der Waals surface area (Å²) in [5, 5.41) is 0. The van der Waals surface area contributed by atoms with Crippen molar-refractivity contribution in [2.24, 2.45) is 11.1 Å². The Morgan fingerprint density at radius 3 is 2.00 bits per heavy atom. The number of benzene rings is 1. The molecule has 2 N–H and O–H groups in total. The largest absolute Gasteiger partial charge is 0.405 e. The SMILES string of the molecule is COCC(N)C(C/C=C/c1ccccc1)(C(F)(F)F)C(F)(F)F. The van der Waals surface area contributed by atoms with Crippen molar-refractivity contribution in [2.45, 2.75) is 24.8 Å². The van der Waals surface area contributed by atoms with Crippen LogP contribution < -0.4 is 5.73 Å². The second-order valence-electron chi connectivity index (χ2n) is 5.05. The van der Waals surface area contributed by atoms with Crippen molar-refractivity contribution in [3.05, 3.63) is 42.0 Å². The average molecular weight is 341 g/mol. The van der Waals surface area contributed by atoms with Gasteiger partial charge in [-0.05, 0) is 12.0 Å². The third-order valence-corrected chi connectivity index (χ3v) is 3.54. The van der Waals surface area contributed by atoms with Gasteiger partial charge in [0.05, 0.1) is 12.6 Å². The highest BCUT2D eigenvalue weighted by Gasteiger charge is 2.72. The lowest BCUT2D eigenvalue weighted by atomic mass is 9.76. The molecule has 1 unspecified atom stereocenters. The van der Waals surface area contributed by atoms with Crippen LogP contribution in [-0.4, -0.2) is 32.1 Å². The van der Waals surface area contributed by atoms with Gasteiger partial charge >= 0.3 is 12.4 Å². The minimum Gasteiger partial charge on any atom is -0.383 e. The average Bonchev–Trinajstić information content (AvgIpc) is 2.42. The van der Waals surface area contributed by atoms with Crippen LogP contribution >= 0.6 is 0 Å². The molecular formula is C15H17F6NO. The zero-order chi connectivity index (χ0) is 17.7. The first kappa shape index (κ1) is 19.5. The first-order valence-electron chi connectivity index (χ1n) is 6.66. The quantitative estimate of drug-likeness (QED) is 0.788. The normalized spacial score (nSPS) is 15.1. The fraction of sp³-hybridized carbons (Fsp3) is 0.467. The predicted molar refractivity (Wildman–Crippen MR) is 74.5 cm³/mol. The van der Waals surface area contributed by atoms with E-state index in [0.717, 1.165) is 13.2 Å². The van der Waals surface area contributed by atoms with Gasteiger partial charge in [0.1, 0.15) is 0 Å². The van der Waals surface area contributed by atoms with Gasteiger partial charge in [-0.2, -0.15) is 26.3 Å². The zero-order valence-corrected chi connectivity index (χ0v) is 12.3. The van der Waals surface area contributed by atoms with E-state index >= 15 is 0 Å². The van der Waals surface area contributed by atoms with E-state index in [2.05, 4.69) is 4.74 Å². The standard InChI is InChI=1S/C15H17F6NO/c1-23-10-12(22)13(14(16,17)18,15(19,20)21)9-5-8-11-6-3-2-4-7-11/h2-8,12H,9-10,22H2,1H3/b8-5+. The summed E-state index contributed by atoms with van der Waals surface area (Å²) in [5.74, 6) is 0. The van der Waals surface area contributed by atoms with Gasteiger partial charge in [0.25, 0.3) is 0 Å². The minimum atomic E-state index is -5.57. The lowest BCUT2D eigenvalue weighted by molar-refractivity contribution is -0.348. The molecule has 0 spiro atoms. The van der Waals surface area contributed by atoms with E-state index in [1.807, 2.05) is 0 Å².